The summed E-state index contributed by atoms with van der Waals surface area (Å²) in [7, 11) is 2.84. The first-order valence-corrected chi connectivity index (χ1v) is 3.91. The van der Waals surface area contributed by atoms with Crippen molar-refractivity contribution in [1.29, 1.82) is 0 Å². The van der Waals surface area contributed by atoms with Crippen LogP contribution in [0.1, 0.15) is 19.8 Å². The van der Waals surface area contributed by atoms with Crippen LogP contribution in [0.3, 0.4) is 0 Å². The van der Waals surface area contributed by atoms with Crippen molar-refractivity contribution in [3.8, 4) is 0 Å². The molecule has 0 aromatic heterocycles. The maximum Gasteiger partial charge on any atom is 0.0246 e. The molecular weight excluding hydrogens is 133 g/mol. The van der Waals surface area contributed by atoms with Gasteiger partial charge < -0.3 is 5.21 Å². The zero-order valence-corrected chi connectivity index (χ0v) is 6.95. The first kappa shape index (κ1) is 7.46. The Morgan fingerprint density at radius 2 is 1.89 bits per heavy atom. The van der Waals surface area contributed by atoms with E-state index in [0.717, 1.165) is 25.9 Å². The molecular formula is C6H14NOP. The average Bonchev–Trinajstić information content (AvgIpc) is 1.78. The summed E-state index contributed by atoms with van der Waals surface area (Å²) in [6, 6.07) is 0. The highest BCUT2D eigenvalue weighted by Gasteiger charge is 2.24. The molecule has 2 nitrogen and oxygen atoms in total. The maximum absolute atomic E-state index is 8.97. The summed E-state index contributed by atoms with van der Waals surface area (Å²) < 4.78 is 0. The van der Waals surface area contributed by atoms with Crippen LogP contribution < -0.4 is 0 Å². The highest BCUT2D eigenvalue weighted by atomic mass is 31.0. The first-order chi connectivity index (χ1) is 4.10. The van der Waals surface area contributed by atoms with Gasteiger partial charge in [0.2, 0.25) is 0 Å². The van der Waals surface area contributed by atoms with E-state index in [0.29, 0.717) is 5.16 Å². The van der Waals surface area contributed by atoms with Crippen LogP contribution in [-0.4, -0.2) is 28.5 Å². The normalized spacial score (nSPS) is 28.3. The fourth-order valence-corrected chi connectivity index (χ4v) is 1.26. The molecule has 0 aromatic carbocycles. The molecule has 0 aliphatic carbocycles. The predicted molar refractivity (Wildman–Crippen MR) is 40.7 cm³/mol. The Balaban J connectivity index is 2.35. The van der Waals surface area contributed by atoms with Crippen LogP contribution in [0.15, 0.2) is 0 Å². The Morgan fingerprint density at radius 1 is 1.44 bits per heavy atom. The van der Waals surface area contributed by atoms with Crippen LogP contribution in [0.4, 0.5) is 0 Å². The molecule has 1 atom stereocenters. The van der Waals surface area contributed by atoms with Crippen molar-refractivity contribution in [3.05, 3.63) is 0 Å². The minimum atomic E-state index is 0.374. The summed E-state index contributed by atoms with van der Waals surface area (Å²) in [4.78, 5) is 0. The first-order valence-electron chi connectivity index (χ1n) is 3.33. The van der Waals surface area contributed by atoms with Gasteiger partial charge in [-0.05, 0) is 18.0 Å². The molecule has 9 heavy (non-hydrogen) atoms. The summed E-state index contributed by atoms with van der Waals surface area (Å²) in [6.07, 6.45) is 2.16. The number of hydrogen-bond acceptors (Lipinski definition) is 2. The van der Waals surface area contributed by atoms with Crippen molar-refractivity contribution in [2.75, 3.05) is 13.1 Å². The van der Waals surface area contributed by atoms with Gasteiger partial charge >= 0.3 is 0 Å². The van der Waals surface area contributed by atoms with Crippen LogP contribution in [0.25, 0.3) is 0 Å². The van der Waals surface area contributed by atoms with Crippen molar-refractivity contribution in [2.24, 2.45) is 0 Å². The number of rotatable bonds is 0. The Kier molecular flexibility index (Phi) is 2.10. The summed E-state index contributed by atoms with van der Waals surface area (Å²) in [6.45, 7) is 3.85. The smallest absolute Gasteiger partial charge is 0.0246 e. The van der Waals surface area contributed by atoms with Gasteiger partial charge in [0.15, 0.2) is 0 Å². The third kappa shape index (κ3) is 2.21. The lowest BCUT2D eigenvalue weighted by Crippen LogP contribution is -2.36. The fourth-order valence-electron chi connectivity index (χ4n) is 1.01. The van der Waals surface area contributed by atoms with Gasteiger partial charge in [-0.3, -0.25) is 0 Å². The summed E-state index contributed by atoms with van der Waals surface area (Å²) >= 11 is 0. The van der Waals surface area contributed by atoms with Crippen molar-refractivity contribution in [3.63, 3.8) is 0 Å². The molecule has 1 aliphatic heterocycles. The monoisotopic (exact) mass is 147 g/mol. The van der Waals surface area contributed by atoms with E-state index in [1.165, 1.54) is 5.06 Å². The molecule has 54 valence electrons. The van der Waals surface area contributed by atoms with E-state index < -0.39 is 0 Å². The summed E-state index contributed by atoms with van der Waals surface area (Å²) in [5.41, 5.74) is 0. The largest absolute Gasteiger partial charge is 0.314 e. The van der Waals surface area contributed by atoms with Crippen LogP contribution in [-0.2, 0) is 0 Å². The van der Waals surface area contributed by atoms with Crippen molar-refractivity contribution in [1.82, 2.24) is 5.06 Å². The van der Waals surface area contributed by atoms with E-state index in [9.17, 15) is 0 Å². The topological polar surface area (TPSA) is 23.5 Å². The van der Waals surface area contributed by atoms with Gasteiger partial charge in [-0.25, -0.2) is 0 Å². The van der Waals surface area contributed by atoms with E-state index in [2.05, 4.69) is 16.2 Å². The molecule has 1 N–H and O–H groups in total. The molecule has 0 bridgehead atoms. The van der Waals surface area contributed by atoms with E-state index in [4.69, 9.17) is 5.21 Å². The van der Waals surface area contributed by atoms with Crippen molar-refractivity contribution >= 4 is 9.24 Å². The fraction of sp³-hybridized carbons (Fsp3) is 1.00. The molecule has 0 amide bonds. The number of hydroxylamine groups is 2. The maximum atomic E-state index is 8.97. The van der Waals surface area contributed by atoms with Gasteiger partial charge in [0.1, 0.15) is 0 Å². The molecule has 1 fully saturated rings. The third-order valence-corrected chi connectivity index (χ3v) is 2.46. The molecule has 0 radical (unpaired) electrons. The van der Waals surface area contributed by atoms with E-state index >= 15 is 0 Å². The molecule has 1 unspecified atom stereocenters. The second kappa shape index (κ2) is 2.53. The third-order valence-electron chi connectivity index (χ3n) is 1.88. The average molecular weight is 147 g/mol. The minimum Gasteiger partial charge on any atom is -0.314 e. The van der Waals surface area contributed by atoms with Crippen LogP contribution in [0.5, 0.6) is 0 Å². The quantitative estimate of drug-likeness (QED) is 0.519. The second-order valence-electron chi connectivity index (χ2n) is 3.11. The Labute approximate surface area is 58.4 Å². The highest BCUT2D eigenvalue weighted by Crippen LogP contribution is 2.29. The van der Waals surface area contributed by atoms with E-state index in [1.807, 2.05) is 0 Å². The van der Waals surface area contributed by atoms with E-state index in [1.54, 1.807) is 0 Å². The molecule has 0 aromatic rings. The van der Waals surface area contributed by atoms with Gasteiger partial charge in [-0.1, -0.05) is 6.92 Å². The standard InChI is InChI=1S/C6H14NOP/c1-6(9)2-4-7(8)5-3-6/h8H,2-5,9H2,1H3. The zero-order chi connectivity index (χ0) is 6.91. The zero-order valence-electron chi connectivity index (χ0n) is 5.80. The van der Waals surface area contributed by atoms with Gasteiger partial charge in [-0.15, -0.1) is 9.24 Å². The molecule has 0 saturated carbocycles. The highest BCUT2D eigenvalue weighted by molar-refractivity contribution is 7.18. The Morgan fingerprint density at radius 3 is 2.22 bits per heavy atom. The number of piperidine rings is 1. The Hall–Kier alpha value is 0.350. The lowest BCUT2D eigenvalue weighted by atomic mass is 9.99. The van der Waals surface area contributed by atoms with Crippen molar-refractivity contribution < 1.29 is 5.21 Å². The molecule has 1 rings (SSSR count). The number of hydrogen-bond donors (Lipinski definition) is 1. The summed E-state index contributed by atoms with van der Waals surface area (Å²) in [5.74, 6) is 0. The lowest BCUT2D eigenvalue weighted by Gasteiger charge is -2.33. The molecule has 1 heterocycles. The van der Waals surface area contributed by atoms with Crippen LogP contribution in [0, 0.1) is 0 Å². The van der Waals surface area contributed by atoms with Gasteiger partial charge in [0.25, 0.3) is 0 Å². The SMILES string of the molecule is CC1(P)CCN(O)CC1. The minimum absolute atomic E-state index is 0.374. The lowest BCUT2D eigenvalue weighted by molar-refractivity contribution is -0.107. The molecule has 1 saturated heterocycles. The Bertz CT molecular complexity index is 95.2. The molecule has 3 heteroatoms. The molecule has 0 spiro atoms. The molecule has 1 aliphatic rings. The number of nitrogens with zero attached hydrogens (tertiary/aromatic N) is 1. The second-order valence-corrected chi connectivity index (χ2v) is 4.50. The van der Waals surface area contributed by atoms with Crippen LogP contribution >= 0.6 is 9.24 Å². The van der Waals surface area contributed by atoms with E-state index in [-0.39, 0.29) is 0 Å². The van der Waals surface area contributed by atoms with Gasteiger partial charge in [0.05, 0.1) is 0 Å². The summed E-state index contributed by atoms with van der Waals surface area (Å²) in [5, 5.41) is 10.7. The predicted octanol–water partition coefficient (Wildman–Crippen LogP) is 1.11. The van der Waals surface area contributed by atoms with Crippen molar-refractivity contribution in [2.45, 2.75) is 24.9 Å². The van der Waals surface area contributed by atoms with Crippen LogP contribution in [0.2, 0.25) is 0 Å². The van der Waals surface area contributed by atoms with Gasteiger partial charge in [-0.2, -0.15) is 5.06 Å². The van der Waals surface area contributed by atoms with Gasteiger partial charge in [0, 0.05) is 13.1 Å².